The maximum absolute atomic E-state index is 11.8. The molecule has 0 saturated heterocycles. The first-order valence-electron chi connectivity index (χ1n) is 5.81. The van der Waals surface area contributed by atoms with E-state index >= 15 is 0 Å². The second-order valence-corrected chi connectivity index (χ2v) is 4.09. The van der Waals surface area contributed by atoms with Gasteiger partial charge in [-0.3, -0.25) is 4.79 Å². The summed E-state index contributed by atoms with van der Waals surface area (Å²) in [5, 5.41) is 0. The first kappa shape index (κ1) is 12.1. The molecular formula is C12H18N2O3. The number of hydrogen-bond acceptors (Lipinski definition) is 3. The number of aromatic nitrogens is 1. The SMILES string of the molecule is COCCOCC(=O)N1CCc2[nH]ccc2C1. The van der Waals surface area contributed by atoms with Gasteiger partial charge in [0.1, 0.15) is 6.61 Å². The Hall–Kier alpha value is -1.33. The lowest BCUT2D eigenvalue weighted by Gasteiger charge is -2.26. The van der Waals surface area contributed by atoms with Gasteiger partial charge in [-0.1, -0.05) is 0 Å². The van der Waals surface area contributed by atoms with Crippen molar-refractivity contribution in [2.45, 2.75) is 13.0 Å². The minimum Gasteiger partial charge on any atom is -0.382 e. The molecule has 1 amide bonds. The number of rotatable bonds is 5. The zero-order chi connectivity index (χ0) is 12.1. The van der Waals surface area contributed by atoms with E-state index in [0.29, 0.717) is 19.8 Å². The molecular weight excluding hydrogens is 220 g/mol. The minimum atomic E-state index is 0.0490. The lowest BCUT2D eigenvalue weighted by Crippen LogP contribution is -2.38. The van der Waals surface area contributed by atoms with Crippen LogP contribution in [0.4, 0.5) is 0 Å². The molecule has 94 valence electrons. The van der Waals surface area contributed by atoms with Gasteiger partial charge in [0.15, 0.2) is 0 Å². The fraction of sp³-hybridized carbons (Fsp3) is 0.583. The number of fused-ring (bicyclic) bond motifs is 1. The molecule has 1 aromatic rings. The molecule has 2 heterocycles. The van der Waals surface area contributed by atoms with E-state index in [4.69, 9.17) is 9.47 Å². The number of methoxy groups -OCH3 is 1. The summed E-state index contributed by atoms with van der Waals surface area (Å²) in [5.41, 5.74) is 2.45. The van der Waals surface area contributed by atoms with E-state index in [1.54, 1.807) is 7.11 Å². The zero-order valence-electron chi connectivity index (χ0n) is 10.1. The van der Waals surface area contributed by atoms with Gasteiger partial charge in [-0.25, -0.2) is 0 Å². The highest BCUT2D eigenvalue weighted by molar-refractivity contribution is 5.77. The molecule has 0 unspecified atom stereocenters. The molecule has 0 fully saturated rings. The maximum Gasteiger partial charge on any atom is 0.248 e. The number of carbonyl (C=O) groups excluding carboxylic acids is 1. The first-order valence-corrected chi connectivity index (χ1v) is 5.81. The summed E-state index contributed by atoms with van der Waals surface area (Å²) in [6, 6.07) is 2.03. The van der Waals surface area contributed by atoms with Crippen molar-refractivity contribution in [3.8, 4) is 0 Å². The van der Waals surface area contributed by atoms with Crippen LogP contribution in [0.5, 0.6) is 0 Å². The standard InChI is InChI=1S/C12H18N2O3/c1-16-6-7-17-9-12(15)14-5-3-11-10(8-14)2-4-13-11/h2,4,13H,3,5-9H2,1H3. The second-order valence-electron chi connectivity index (χ2n) is 4.09. The van der Waals surface area contributed by atoms with Crippen LogP contribution in [0.2, 0.25) is 0 Å². The van der Waals surface area contributed by atoms with Gasteiger partial charge in [-0.2, -0.15) is 0 Å². The largest absolute Gasteiger partial charge is 0.382 e. The smallest absolute Gasteiger partial charge is 0.248 e. The number of hydrogen-bond donors (Lipinski definition) is 1. The summed E-state index contributed by atoms with van der Waals surface area (Å²) in [7, 11) is 1.61. The van der Waals surface area contributed by atoms with Gasteiger partial charge < -0.3 is 19.4 Å². The van der Waals surface area contributed by atoms with Crippen molar-refractivity contribution in [1.29, 1.82) is 0 Å². The Morgan fingerprint density at radius 2 is 2.41 bits per heavy atom. The number of aromatic amines is 1. The molecule has 0 spiro atoms. The molecule has 0 aromatic carbocycles. The summed E-state index contributed by atoms with van der Waals surface area (Å²) in [4.78, 5) is 16.9. The zero-order valence-corrected chi connectivity index (χ0v) is 10.1. The van der Waals surface area contributed by atoms with Crippen molar-refractivity contribution in [2.75, 3.05) is 33.5 Å². The summed E-state index contributed by atoms with van der Waals surface area (Å²) in [6.07, 6.45) is 2.82. The number of ether oxygens (including phenoxy) is 2. The third-order valence-electron chi connectivity index (χ3n) is 2.93. The van der Waals surface area contributed by atoms with E-state index in [1.807, 2.05) is 17.2 Å². The summed E-state index contributed by atoms with van der Waals surface area (Å²) in [6.45, 7) is 2.58. The predicted molar refractivity (Wildman–Crippen MR) is 62.6 cm³/mol. The molecule has 0 saturated carbocycles. The number of amides is 1. The van der Waals surface area contributed by atoms with E-state index < -0.39 is 0 Å². The highest BCUT2D eigenvalue weighted by Crippen LogP contribution is 2.17. The van der Waals surface area contributed by atoms with E-state index in [0.717, 1.165) is 13.0 Å². The monoisotopic (exact) mass is 238 g/mol. The number of H-pyrrole nitrogens is 1. The van der Waals surface area contributed by atoms with E-state index in [1.165, 1.54) is 11.3 Å². The Morgan fingerprint density at radius 1 is 1.53 bits per heavy atom. The third kappa shape index (κ3) is 3.08. The van der Waals surface area contributed by atoms with Gasteiger partial charge in [-0.15, -0.1) is 0 Å². The average molecular weight is 238 g/mol. The maximum atomic E-state index is 11.8. The normalized spacial score (nSPS) is 14.8. The van der Waals surface area contributed by atoms with Gasteiger partial charge in [0.05, 0.1) is 13.2 Å². The van der Waals surface area contributed by atoms with Crippen LogP contribution in [0.25, 0.3) is 0 Å². The fourth-order valence-corrected chi connectivity index (χ4v) is 1.95. The van der Waals surface area contributed by atoms with Crippen molar-refractivity contribution in [3.05, 3.63) is 23.5 Å². The van der Waals surface area contributed by atoms with Crippen LogP contribution >= 0.6 is 0 Å². The quantitative estimate of drug-likeness (QED) is 0.763. The Balaban J connectivity index is 1.78. The van der Waals surface area contributed by atoms with Gasteiger partial charge in [0.2, 0.25) is 5.91 Å². The number of nitrogens with one attached hydrogen (secondary N) is 1. The average Bonchev–Trinajstić information content (AvgIpc) is 2.81. The molecule has 0 bridgehead atoms. The Kier molecular flexibility index (Phi) is 4.17. The Morgan fingerprint density at radius 3 is 3.24 bits per heavy atom. The molecule has 0 aliphatic carbocycles. The van der Waals surface area contributed by atoms with Gasteiger partial charge in [0.25, 0.3) is 0 Å². The number of carbonyl (C=O) groups is 1. The van der Waals surface area contributed by atoms with E-state index in [9.17, 15) is 4.79 Å². The summed E-state index contributed by atoms with van der Waals surface area (Å²) >= 11 is 0. The second kappa shape index (κ2) is 5.84. The molecule has 2 rings (SSSR count). The van der Waals surface area contributed by atoms with Crippen LogP contribution in [0.1, 0.15) is 11.3 Å². The molecule has 1 aliphatic heterocycles. The van der Waals surface area contributed by atoms with Crippen molar-refractivity contribution < 1.29 is 14.3 Å². The van der Waals surface area contributed by atoms with Crippen molar-refractivity contribution in [3.63, 3.8) is 0 Å². The van der Waals surface area contributed by atoms with E-state index in [-0.39, 0.29) is 12.5 Å². The van der Waals surface area contributed by atoms with Crippen LogP contribution in [-0.2, 0) is 27.2 Å². The first-order chi connectivity index (χ1) is 8.31. The highest BCUT2D eigenvalue weighted by Gasteiger charge is 2.20. The molecule has 5 heteroatoms. The molecule has 0 radical (unpaired) electrons. The minimum absolute atomic E-state index is 0.0490. The summed E-state index contributed by atoms with van der Waals surface area (Å²) < 4.78 is 10.1. The molecule has 1 aromatic heterocycles. The molecule has 1 N–H and O–H groups in total. The topological polar surface area (TPSA) is 54.6 Å². The van der Waals surface area contributed by atoms with Crippen LogP contribution in [-0.4, -0.2) is 49.3 Å². The fourth-order valence-electron chi connectivity index (χ4n) is 1.95. The van der Waals surface area contributed by atoms with Crippen molar-refractivity contribution >= 4 is 5.91 Å². The lowest BCUT2D eigenvalue weighted by atomic mass is 10.1. The lowest BCUT2D eigenvalue weighted by molar-refractivity contribution is -0.137. The van der Waals surface area contributed by atoms with Crippen LogP contribution in [0.15, 0.2) is 12.3 Å². The Labute approximate surface area is 101 Å². The van der Waals surface area contributed by atoms with Crippen molar-refractivity contribution in [2.24, 2.45) is 0 Å². The van der Waals surface area contributed by atoms with Gasteiger partial charge in [0, 0.05) is 38.5 Å². The third-order valence-corrected chi connectivity index (χ3v) is 2.93. The van der Waals surface area contributed by atoms with Gasteiger partial charge in [-0.05, 0) is 11.6 Å². The molecule has 17 heavy (non-hydrogen) atoms. The van der Waals surface area contributed by atoms with Crippen LogP contribution < -0.4 is 0 Å². The van der Waals surface area contributed by atoms with Gasteiger partial charge >= 0.3 is 0 Å². The summed E-state index contributed by atoms with van der Waals surface area (Å²) in [5.74, 6) is 0.0490. The Bertz CT molecular complexity index is 376. The van der Waals surface area contributed by atoms with Crippen LogP contribution in [0.3, 0.4) is 0 Å². The predicted octanol–water partition coefficient (Wildman–Crippen LogP) is 0.562. The van der Waals surface area contributed by atoms with Crippen LogP contribution in [0, 0.1) is 0 Å². The molecule has 1 aliphatic rings. The van der Waals surface area contributed by atoms with Crippen molar-refractivity contribution in [1.82, 2.24) is 9.88 Å². The molecule has 5 nitrogen and oxygen atoms in total. The van der Waals surface area contributed by atoms with E-state index in [2.05, 4.69) is 4.98 Å². The number of nitrogens with zero attached hydrogens (tertiary/aromatic N) is 1. The molecule has 0 atom stereocenters. The highest BCUT2D eigenvalue weighted by atomic mass is 16.5.